The number of alkyl halides is 1. The third-order valence-electron chi connectivity index (χ3n) is 3.88. The predicted octanol–water partition coefficient (Wildman–Crippen LogP) is 6.19. The Hall–Kier alpha value is -0.0962. The van der Waals surface area contributed by atoms with Gasteiger partial charge in [-0.2, -0.15) is 0 Å². The maximum atomic E-state index is 6.65. The van der Waals surface area contributed by atoms with Crippen molar-refractivity contribution in [3.8, 4) is 0 Å². The number of halogens is 1. The van der Waals surface area contributed by atoms with Crippen molar-refractivity contribution in [2.24, 2.45) is 0 Å². The number of hydrogen-bond donors (Lipinski definition) is 0. The first kappa shape index (κ1) is 19.0. The average molecular weight is 343 g/mol. The molecule has 0 unspecified atom stereocenters. The molecule has 1 aromatic rings. The Balaban J connectivity index is 2.51. The number of hydrogen-bond acceptors (Lipinski definition) is 1. The van der Waals surface area contributed by atoms with E-state index < -0.39 is 16.6 Å². The van der Waals surface area contributed by atoms with Gasteiger partial charge < -0.3 is 4.12 Å². The Morgan fingerprint density at radius 1 is 0.905 bits per heavy atom. The molecule has 4 heteroatoms. The van der Waals surface area contributed by atoms with Crippen molar-refractivity contribution in [3.05, 3.63) is 35.4 Å². The van der Waals surface area contributed by atoms with Gasteiger partial charge in [0.25, 0.3) is 0 Å². The van der Waals surface area contributed by atoms with Gasteiger partial charge in [0.2, 0.25) is 0 Å². The molecule has 0 amide bonds. The number of aryl methyl sites for hydroxylation is 1. The lowest BCUT2D eigenvalue weighted by molar-refractivity contribution is 0.532. The minimum atomic E-state index is -1.56. The molecule has 0 bridgehead atoms. The summed E-state index contributed by atoms with van der Waals surface area (Å²) in [5.74, 6) is 0.598. The van der Waals surface area contributed by atoms with E-state index in [-0.39, 0.29) is 0 Å². The molecule has 0 aliphatic rings. The highest BCUT2D eigenvalue weighted by Gasteiger charge is 2.32. The van der Waals surface area contributed by atoms with Gasteiger partial charge in [-0.3, -0.25) is 0 Å². The Labute approximate surface area is 138 Å². The van der Waals surface area contributed by atoms with Gasteiger partial charge in [-0.25, -0.2) is 0 Å². The van der Waals surface area contributed by atoms with Crippen molar-refractivity contribution < 1.29 is 4.12 Å². The molecule has 1 aromatic carbocycles. The third-order valence-corrected chi connectivity index (χ3v) is 11.6. The summed E-state index contributed by atoms with van der Waals surface area (Å²) in [6.07, 6.45) is 3.71. The molecule has 21 heavy (non-hydrogen) atoms. The van der Waals surface area contributed by atoms with E-state index in [1.807, 2.05) is 0 Å². The zero-order valence-electron chi connectivity index (χ0n) is 14.3. The lowest BCUT2D eigenvalue weighted by Crippen LogP contribution is -2.44. The van der Waals surface area contributed by atoms with Crippen LogP contribution < -0.4 is 0 Å². The molecular weight excluding hydrogens is 312 g/mol. The van der Waals surface area contributed by atoms with E-state index in [2.05, 4.69) is 57.4 Å². The van der Waals surface area contributed by atoms with Crippen molar-refractivity contribution >= 4 is 28.2 Å². The first-order valence-corrected chi connectivity index (χ1v) is 14.9. The molecule has 0 fully saturated rings. The third kappa shape index (κ3) is 7.64. The fraction of sp³-hybridized carbons (Fsp3) is 0.647. The van der Waals surface area contributed by atoms with Crippen LogP contribution in [-0.2, 0) is 16.4 Å². The van der Waals surface area contributed by atoms with Crippen LogP contribution in [0, 0.1) is 0 Å². The Bertz CT molecular complexity index is 415. The van der Waals surface area contributed by atoms with Crippen LogP contribution in [0.5, 0.6) is 0 Å². The lowest BCUT2D eigenvalue weighted by atomic mass is 10.1. The van der Waals surface area contributed by atoms with Crippen LogP contribution in [0.1, 0.15) is 30.9 Å². The SMILES string of the molecule is CCCC[Si](C)(C)O[Si](C)(C)CCc1ccc(CCl)cc1. The van der Waals surface area contributed by atoms with Gasteiger partial charge in [0.05, 0.1) is 0 Å². The second-order valence-corrected chi connectivity index (χ2v) is 16.3. The van der Waals surface area contributed by atoms with Crippen LogP contribution in [0.3, 0.4) is 0 Å². The van der Waals surface area contributed by atoms with E-state index in [9.17, 15) is 0 Å². The summed E-state index contributed by atoms with van der Waals surface area (Å²) in [4.78, 5) is 0. The lowest BCUT2D eigenvalue weighted by Gasteiger charge is -2.34. The van der Waals surface area contributed by atoms with Crippen LogP contribution >= 0.6 is 11.6 Å². The second-order valence-electron chi connectivity index (χ2n) is 7.18. The second kappa shape index (κ2) is 8.51. The molecule has 0 saturated heterocycles. The monoisotopic (exact) mass is 342 g/mol. The fourth-order valence-electron chi connectivity index (χ4n) is 2.69. The molecule has 0 atom stereocenters. The predicted molar refractivity (Wildman–Crippen MR) is 100 cm³/mol. The largest absolute Gasteiger partial charge is 0.455 e. The zero-order valence-corrected chi connectivity index (χ0v) is 17.1. The van der Waals surface area contributed by atoms with Crippen molar-refractivity contribution in [1.29, 1.82) is 0 Å². The number of unbranched alkanes of at least 4 members (excludes halogenated alkanes) is 1. The van der Waals surface area contributed by atoms with Gasteiger partial charge in [-0.1, -0.05) is 44.0 Å². The van der Waals surface area contributed by atoms with Crippen molar-refractivity contribution in [3.63, 3.8) is 0 Å². The molecular formula is C17H31ClOSi2. The normalized spacial score (nSPS) is 12.7. The first-order valence-electron chi connectivity index (χ1n) is 8.12. The Morgan fingerprint density at radius 2 is 1.43 bits per heavy atom. The smallest absolute Gasteiger partial charge is 0.173 e. The maximum absolute atomic E-state index is 6.65. The van der Waals surface area contributed by atoms with Crippen LogP contribution in [0.25, 0.3) is 0 Å². The molecule has 0 aromatic heterocycles. The van der Waals surface area contributed by atoms with Crippen LogP contribution in [0.4, 0.5) is 0 Å². The highest BCUT2D eigenvalue weighted by Crippen LogP contribution is 2.24. The van der Waals surface area contributed by atoms with Crippen molar-refractivity contribution in [2.75, 3.05) is 0 Å². The van der Waals surface area contributed by atoms with E-state index in [1.165, 1.54) is 36.1 Å². The first-order chi connectivity index (χ1) is 9.78. The summed E-state index contributed by atoms with van der Waals surface area (Å²) >= 11 is 5.83. The average Bonchev–Trinajstić information content (AvgIpc) is 2.42. The number of benzene rings is 1. The molecule has 0 aliphatic carbocycles. The fourth-order valence-corrected chi connectivity index (χ4v) is 11.8. The van der Waals surface area contributed by atoms with Gasteiger partial charge in [0.1, 0.15) is 0 Å². The van der Waals surface area contributed by atoms with E-state index in [4.69, 9.17) is 15.7 Å². The standard InChI is InChI=1S/C17H31ClOSi2/c1-6-7-13-20(2,3)19-21(4,5)14-12-16-8-10-17(15-18)11-9-16/h8-11H,6-7,12-15H2,1-5H3. The van der Waals surface area contributed by atoms with E-state index >= 15 is 0 Å². The van der Waals surface area contributed by atoms with E-state index in [0.29, 0.717) is 5.88 Å². The van der Waals surface area contributed by atoms with Gasteiger partial charge in [0.15, 0.2) is 16.6 Å². The molecule has 0 heterocycles. The molecule has 0 spiro atoms. The summed E-state index contributed by atoms with van der Waals surface area (Å²) in [6.45, 7) is 11.8. The molecule has 120 valence electrons. The minimum Gasteiger partial charge on any atom is -0.455 e. The van der Waals surface area contributed by atoms with E-state index in [1.54, 1.807) is 0 Å². The summed E-state index contributed by atoms with van der Waals surface area (Å²) in [5.41, 5.74) is 2.60. The summed E-state index contributed by atoms with van der Waals surface area (Å²) in [7, 11) is -3.03. The highest BCUT2D eigenvalue weighted by atomic mass is 35.5. The minimum absolute atomic E-state index is 0.598. The Morgan fingerprint density at radius 3 is 1.95 bits per heavy atom. The van der Waals surface area contributed by atoms with Crippen LogP contribution in [0.15, 0.2) is 24.3 Å². The maximum Gasteiger partial charge on any atom is 0.173 e. The van der Waals surface area contributed by atoms with Gasteiger partial charge in [-0.15, -0.1) is 11.6 Å². The summed E-state index contributed by atoms with van der Waals surface area (Å²) < 4.78 is 6.65. The molecule has 0 aliphatic heterocycles. The van der Waals surface area contributed by atoms with Crippen LogP contribution in [0.2, 0.25) is 38.3 Å². The topological polar surface area (TPSA) is 9.23 Å². The molecule has 1 nitrogen and oxygen atoms in total. The van der Waals surface area contributed by atoms with Crippen LogP contribution in [-0.4, -0.2) is 16.6 Å². The summed E-state index contributed by atoms with van der Waals surface area (Å²) in [5, 5.41) is 0. The van der Waals surface area contributed by atoms with E-state index in [0.717, 1.165) is 6.42 Å². The van der Waals surface area contributed by atoms with Gasteiger partial charge >= 0.3 is 0 Å². The highest BCUT2D eigenvalue weighted by molar-refractivity contribution is 6.84. The molecule has 1 rings (SSSR count). The summed E-state index contributed by atoms with van der Waals surface area (Å²) in [6, 6.07) is 11.2. The zero-order chi connectivity index (χ0) is 15.9. The van der Waals surface area contributed by atoms with Crippen molar-refractivity contribution in [1.82, 2.24) is 0 Å². The Kier molecular flexibility index (Phi) is 7.68. The quantitative estimate of drug-likeness (QED) is 0.383. The van der Waals surface area contributed by atoms with Crippen molar-refractivity contribution in [2.45, 2.75) is 70.3 Å². The van der Waals surface area contributed by atoms with Gasteiger partial charge in [0, 0.05) is 5.88 Å². The molecule has 0 saturated carbocycles. The molecule has 0 N–H and O–H groups in total. The molecule has 0 radical (unpaired) electrons. The number of rotatable bonds is 9. The van der Waals surface area contributed by atoms with Gasteiger partial charge in [-0.05, 0) is 55.8 Å².